The number of carbonyl (C=O) groups is 1. The second-order valence-corrected chi connectivity index (χ2v) is 2.11. The standard InChI is InChI=1S/C5H4N2O4/c8-5-4-3(1-2-10-5)7(9)11-6-4/h1-2H2. The third-order valence-corrected chi connectivity index (χ3v) is 1.47. The lowest BCUT2D eigenvalue weighted by molar-refractivity contribution is -0.808. The van der Waals surface area contributed by atoms with Gasteiger partial charge in [-0.05, 0) is 4.90 Å². The van der Waals surface area contributed by atoms with E-state index < -0.39 is 5.97 Å². The van der Waals surface area contributed by atoms with E-state index in [9.17, 15) is 10.0 Å². The summed E-state index contributed by atoms with van der Waals surface area (Å²) < 4.78 is 8.80. The molecule has 0 bridgehead atoms. The summed E-state index contributed by atoms with van der Waals surface area (Å²) in [6.07, 6.45) is 0.369. The number of hydrogen-bond acceptors (Lipinski definition) is 5. The molecule has 0 spiro atoms. The number of carbonyl (C=O) groups excluding carboxylic acids is 1. The first-order chi connectivity index (χ1) is 5.29. The van der Waals surface area contributed by atoms with E-state index >= 15 is 0 Å². The SMILES string of the molecule is O=C1OCCc2c1no[n+]2[O-]. The highest BCUT2D eigenvalue weighted by Crippen LogP contribution is 2.09. The first-order valence-electron chi connectivity index (χ1n) is 3.05. The van der Waals surface area contributed by atoms with Gasteiger partial charge < -0.3 is 9.94 Å². The van der Waals surface area contributed by atoms with Crippen LogP contribution < -0.4 is 4.90 Å². The number of cyclic esters (lactones) is 1. The molecule has 2 heterocycles. The Balaban J connectivity index is 2.55. The van der Waals surface area contributed by atoms with Crippen molar-refractivity contribution >= 4 is 5.97 Å². The minimum atomic E-state index is -0.593. The van der Waals surface area contributed by atoms with E-state index in [1.54, 1.807) is 0 Å². The molecule has 1 aliphatic rings. The molecule has 1 aromatic rings. The van der Waals surface area contributed by atoms with Crippen molar-refractivity contribution in [2.45, 2.75) is 6.42 Å². The van der Waals surface area contributed by atoms with Crippen molar-refractivity contribution in [2.75, 3.05) is 6.61 Å². The molecule has 58 valence electrons. The van der Waals surface area contributed by atoms with E-state index in [-0.39, 0.29) is 22.9 Å². The molecule has 0 unspecified atom stereocenters. The highest BCUT2D eigenvalue weighted by molar-refractivity contribution is 5.88. The van der Waals surface area contributed by atoms with E-state index in [1.807, 2.05) is 0 Å². The first-order valence-corrected chi connectivity index (χ1v) is 3.05. The van der Waals surface area contributed by atoms with Gasteiger partial charge in [0.05, 0.1) is 18.2 Å². The number of hydrogen-bond donors (Lipinski definition) is 0. The maximum Gasteiger partial charge on any atom is 0.389 e. The summed E-state index contributed by atoms with van der Waals surface area (Å²) in [5, 5.41) is 13.9. The predicted molar refractivity (Wildman–Crippen MR) is 29.4 cm³/mol. The molecule has 0 N–H and O–H groups in total. The second-order valence-electron chi connectivity index (χ2n) is 2.11. The largest absolute Gasteiger partial charge is 0.459 e. The van der Waals surface area contributed by atoms with Gasteiger partial charge in [0.1, 0.15) is 0 Å². The average Bonchev–Trinajstić information content (AvgIpc) is 2.35. The number of rotatable bonds is 0. The number of fused-ring (bicyclic) bond motifs is 1. The molecule has 1 aliphatic heterocycles. The topological polar surface area (TPSA) is 79.3 Å². The summed E-state index contributed by atoms with van der Waals surface area (Å²) in [5.74, 6) is -0.593. The minimum Gasteiger partial charge on any atom is -0.459 e. The van der Waals surface area contributed by atoms with Crippen molar-refractivity contribution in [3.63, 3.8) is 0 Å². The summed E-state index contributed by atoms with van der Waals surface area (Å²) in [4.78, 5) is 11.0. The van der Waals surface area contributed by atoms with Gasteiger partial charge in [-0.2, -0.15) is 0 Å². The van der Waals surface area contributed by atoms with Crippen molar-refractivity contribution < 1.29 is 19.1 Å². The molecule has 0 amide bonds. The molecule has 0 fully saturated rings. The fourth-order valence-corrected chi connectivity index (χ4v) is 0.940. The maximum absolute atomic E-state index is 10.8. The highest BCUT2D eigenvalue weighted by atomic mass is 16.8. The molecule has 0 aliphatic carbocycles. The smallest absolute Gasteiger partial charge is 0.389 e. The summed E-state index contributed by atoms with van der Waals surface area (Å²) in [6, 6.07) is 0. The Kier molecular flexibility index (Phi) is 1.09. The van der Waals surface area contributed by atoms with E-state index in [1.165, 1.54) is 0 Å². The van der Waals surface area contributed by atoms with Gasteiger partial charge >= 0.3 is 11.7 Å². The van der Waals surface area contributed by atoms with E-state index in [0.717, 1.165) is 0 Å². The van der Waals surface area contributed by atoms with E-state index in [2.05, 4.69) is 14.5 Å². The monoisotopic (exact) mass is 156 g/mol. The Morgan fingerprint density at radius 3 is 3.18 bits per heavy atom. The van der Waals surface area contributed by atoms with Crippen LogP contribution in [-0.2, 0) is 11.2 Å². The maximum atomic E-state index is 10.8. The molecule has 0 aromatic carbocycles. The summed E-state index contributed by atoms with van der Waals surface area (Å²) in [7, 11) is 0. The van der Waals surface area contributed by atoms with Crippen molar-refractivity contribution in [3.05, 3.63) is 16.6 Å². The lowest BCUT2D eigenvalue weighted by atomic mass is 10.2. The average molecular weight is 156 g/mol. The Hall–Kier alpha value is -1.59. The molecule has 2 rings (SSSR count). The van der Waals surface area contributed by atoms with Crippen LogP contribution in [0, 0.1) is 5.21 Å². The van der Waals surface area contributed by atoms with Crippen LogP contribution >= 0.6 is 0 Å². The molecule has 11 heavy (non-hydrogen) atoms. The lowest BCUT2D eigenvalue weighted by Gasteiger charge is -2.04. The van der Waals surface area contributed by atoms with Gasteiger partial charge in [0.15, 0.2) is 0 Å². The van der Waals surface area contributed by atoms with Crippen LogP contribution in [-0.4, -0.2) is 17.7 Å². The van der Waals surface area contributed by atoms with Gasteiger partial charge in [-0.15, -0.1) is 0 Å². The van der Waals surface area contributed by atoms with E-state index in [4.69, 9.17) is 0 Å². The zero-order chi connectivity index (χ0) is 7.84. The Morgan fingerprint density at radius 1 is 1.64 bits per heavy atom. The number of esters is 1. The second kappa shape index (κ2) is 1.94. The Morgan fingerprint density at radius 2 is 2.45 bits per heavy atom. The number of aromatic nitrogens is 2. The predicted octanol–water partition coefficient (Wildman–Crippen LogP) is -0.979. The molecule has 0 atom stereocenters. The van der Waals surface area contributed by atoms with Crippen LogP contribution in [0.1, 0.15) is 16.2 Å². The van der Waals surface area contributed by atoms with Crippen molar-refractivity contribution in [2.24, 2.45) is 0 Å². The van der Waals surface area contributed by atoms with Gasteiger partial charge in [-0.3, -0.25) is 4.63 Å². The van der Waals surface area contributed by atoms with Gasteiger partial charge in [0.2, 0.25) is 5.69 Å². The van der Waals surface area contributed by atoms with Crippen molar-refractivity contribution in [3.8, 4) is 0 Å². The van der Waals surface area contributed by atoms with Crippen LogP contribution in [0.3, 0.4) is 0 Å². The molecule has 0 saturated heterocycles. The first kappa shape index (κ1) is 6.14. The van der Waals surface area contributed by atoms with Crippen LogP contribution in [0.15, 0.2) is 4.63 Å². The van der Waals surface area contributed by atoms with Crippen molar-refractivity contribution in [1.82, 2.24) is 5.16 Å². The normalized spacial score (nSPS) is 15.8. The van der Waals surface area contributed by atoms with Crippen LogP contribution in [0.5, 0.6) is 0 Å². The molecule has 0 saturated carbocycles. The fraction of sp³-hybridized carbons (Fsp3) is 0.400. The zero-order valence-electron chi connectivity index (χ0n) is 5.44. The summed E-state index contributed by atoms with van der Waals surface area (Å²) in [5.41, 5.74) is 0.243. The van der Waals surface area contributed by atoms with Crippen LogP contribution in [0.25, 0.3) is 0 Å². The third kappa shape index (κ3) is 0.754. The highest BCUT2D eigenvalue weighted by Gasteiger charge is 2.31. The van der Waals surface area contributed by atoms with Gasteiger partial charge in [-0.1, -0.05) is 0 Å². The third-order valence-electron chi connectivity index (χ3n) is 1.47. The quantitative estimate of drug-likeness (QED) is 0.356. The Bertz CT molecular complexity index is 305. The van der Waals surface area contributed by atoms with Gasteiger partial charge in [0.25, 0.3) is 0 Å². The molecule has 6 nitrogen and oxygen atoms in total. The summed E-state index contributed by atoms with van der Waals surface area (Å²) >= 11 is 0. The molecule has 6 heteroatoms. The van der Waals surface area contributed by atoms with Gasteiger partial charge in [0, 0.05) is 0 Å². The summed E-state index contributed by atoms with van der Waals surface area (Å²) in [6.45, 7) is 0.218. The molecule has 1 aromatic heterocycles. The van der Waals surface area contributed by atoms with Crippen molar-refractivity contribution in [1.29, 1.82) is 0 Å². The fourth-order valence-electron chi connectivity index (χ4n) is 0.940. The number of nitrogens with zero attached hydrogens (tertiary/aromatic N) is 2. The minimum absolute atomic E-state index is 0.00810. The number of ether oxygens (including phenoxy) is 1. The van der Waals surface area contributed by atoms with E-state index in [0.29, 0.717) is 6.42 Å². The lowest BCUT2D eigenvalue weighted by Crippen LogP contribution is -2.32. The van der Waals surface area contributed by atoms with Gasteiger partial charge in [-0.25, -0.2) is 4.79 Å². The van der Waals surface area contributed by atoms with Crippen LogP contribution in [0.2, 0.25) is 0 Å². The molecular formula is C5H4N2O4. The Labute approximate surface area is 60.9 Å². The molecular weight excluding hydrogens is 152 g/mol. The zero-order valence-corrected chi connectivity index (χ0v) is 5.44. The van der Waals surface area contributed by atoms with Crippen LogP contribution in [0.4, 0.5) is 0 Å². The molecule has 0 radical (unpaired) electrons.